The third kappa shape index (κ3) is 1.50. The molecule has 0 bridgehead atoms. The Bertz CT molecular complexity index is 181. The van der Waals surface area contributed by atoms with Crippen molar-refractivity contribution in [1.82, 2.24) is 4.90 Å². The number of hydrogen-bond acceptors (Lipinski definition) is 2. The summed E-state index contributed by atoms with van der Waals surface area (Å²) < 4.78 is 0. The molecule has 2 unspecified atom stereocenters. The highest BCUT2D eigenvalue weighted by molar-refractivity contribution is 5.00. The van der Waals surface area contributed by atoms with Crippen molar-refractivity contribution in [3.05, 3.63) is 0 Å². The monoisotopic (exact) mass is 182 g/mol. The highest BCUT2D eigenvalue weighted by Gasteiger charge is 2.47. The normalized spacial score (nSPS) is 39.7. The van der Waals surface area contributed by atoms with Crippen LogP contribution in [0.15, 0.2) is 0 Å². The van der Waals surface area contributed by atoms with Crippen LogP contribution in [-0.2, 0) is 0 Å². The second-order valence-electron chi connectivity index (χ2n) is 4.89. The second kappa shape index (κ2) is 3.58. The summed E-state index contributed by atoms with van der Waals surface area (Å²) >= 11 is 0. The van der Waals surface area contributed by atoms with E-state index in [1.807, 2.05) is 0 Å². The Kier molecular flexibility index (Phi) is 2.61. The molecule has 0 spiro atoms. The zero-order valence-corrected chi connectivity index (χ0v) is 8.76. The molecule has 2 aliphatic rings. The Morgan fingerprint density at radius 3 is 3.00 bits per heavy atom. The van der Waals surface area contributed by atoms with Crippen LogP contribution in [0.2, 0.25) is 0 Å². The molecule has 76 valence electrons. The van der Waals surface area contributed by atoms with Crippen LogP contribution in [-0.4, -0.2) is 31.1 Å². The molecule has 13 heavy (non-hydrogen) atoms. The molecular weight excluding hydrogens is 160 g/mol. The van der Waals surface area contributed by atoms with E-state index in [1.165, 1.54) is 45.3 Å². The van der Waals surface area contributed by atoms with Crippen molar-refractivity contribution < 1.29 is 0 Å². The van der Waals surface area contributed by atoms with Gasteiger partial charge in [0, 0.05) is 13.1 Å². The van der Waals surface area contributed by atoms with E-state index >= 15 is 0 Å². The van der Waals surface area contributed by atoms with Crippen LogP contribution < -0.4 is 5.73 Å². The first-order valence-electron chi connectivity index (χ1n) is 5.73. The van der Waals surface area contributed by atoms with Gasteiger partial charge in [0.05, 0.1) is 0 Å². The molecule has 2 heteroatoms. The lowest BCUT2D eigenvalue weighted by atomic mass is 9.81. The summed E-state index contributed by atoms with van der Waals surface area (Å²) in [6.07, 6.45) is 5.51. The summed E-state index contributed by atoms with van der Waals surface area (Å²) in [4.78, 5) is 2.62. The maximum Gasteiger partial charge on any atom is 0.00533 e. The number of nitrogens with zero attached hydrogens (tertiary/aromatic N) is 1. The molecule has 1 aliphatic heterocycles. The lowest BCUT2D eigenvalue weighted by Gasteiger charge is -2.26. The Balaban J connectivity index is 2.00. The lowest BCUT2D eigenvalue weighted by molar-refractivity contribution is 0.249. The number of fused-ring (bicyclic) bond motifs is 1. The first-order valence-corrected chi connectivity index (χ1v) is 5.73. The van der Waals surface area contributed by atoms with Crippen molar-refractivity contribution >= 4 is 0 Å². The van der Waals surface area contributed by atoms with Gasteiger partial charge in [-0.1, -0.05) is 13.3 Å². The Labute approximate surface area is 81.5 Å². The second-order valence-corrected chi connectivity index (χ2v) is 4.89. The number of nitrogens with two attached hydrogens (primary N) is 1. The molecule has 1 heterocycles. The molecule has 1 saturated heterocycles. The molecule has 0 radical (unpaired) electrons. The minimum Gasteiger partial charge on any atom is -0.330 e. The van der Waals surface area contributed by atoms with Crippen LogP contribution in [0.4, 0.5) is 0 Å². The fourth-order valence-electron chi connectivity index (χ4n) is 3.35. The first kappa shape index (κ1) is 9.47. The van der Waals surface area contributed by atoms with Gasteiger partial charge in [-0.05, 0) is 43.7 Å². The molecule has 0 aromatic rings. The molecule has 1 aliphatic carbocycles. The third-order valence-electron chi connectivity index (χ3n) is 4.06. The van der Waals surface area contributed by atoms with Gasteiger partial charge in [0.25, 0.3) is 0 Å². The van der Waals surface area contributed by atoms with Gasteiger partial charge in [-0.3, -0.25) is 0 Å². The van der Waals surface area contributed by atoms with Gasteiger partial charge in [0.15, 0.2) is 0 Å². The van der Waals surface area contributed by atoms with Crippen LogP contribution in [0.5, 0.6) is 0 Å². The van der Waals surface area contributed by atoms with Crippen molar-refractivity contribution in [2.75, 3.05) is 26.2 Å². The minimum atomic E-state index is 0.523. The van der Waals surface area contributed by atoms with E-state index in [0.29, 0.717) is 5.41 Å². The summed E-state index contributed by atoms with van der Waals surface area (Å²) in [5, 5.41) is 0. The van der Waals surface area contributed by atoms with Gasteiger partial charge in [0.2, 0.25) is 0 Å². The van der Waals surface area contributed by atoms with E-state index in [1.54, 1.807) is 0 Å². The Hall–Kier alpha value is -0.0800. The molecule has 2 atom stereocenters. The van der Waals surface area contributed by atoms with Gasteiger partial charge in [0.1, 0.15) is 0 Å². The van der Waals surface area contributed by atoms with Crippen LogP contribution >= 0.6 is 0 Å². The van der Waals surface area contributed by atoms with Crippen molar-refractivity contribution in [1.29, 1.82) is 0 Å². The summed E-state index contributed by atoms with van der Waals surface area (Å²) in [6.45, 7) is 7.06. The maximum absolute atomic E-state index is 5.94. The van der Waals surface area contributed by atoms with Crippen LogP contribution in [0, 0.1) is 11.3 Å². The number of rotatable bonds is 3. The van der Waals surface area contributed by atoms with Crippen LogP contribution in [0.1, 0.15) is 32.6 Å². The van der Waals surface area contributed by atoms with E-state index in [-0.39, 0.29) is 0 Å². The van der Waals surface area contributed by atoms with Gasteiger partial charge in [-0.25, -0.2) is 0 Å². The van der Waals surface area contributed by atoms with Crippen molar-refractivity contribution in [2.24, 2.45) is 17.1 Å². The summed E-state index contributed by atoms with van der Waals surface area (Å²) in [7, 11) is 0. The summed E-state index contributed by atoms with van der Waals surface area (Å²) in [5.74, 6) is 0.920. The zero-order chi connectivity index (χ0) is 9.31. The first-order chi connectivity index (χ1) is 6.30. The van der Waals surface area contributed by atoms with Gasteiger partial charge >= 0.3 is 0 Å². The average molecular weight is 182 g/mol. The molecule has 0 amide bonds. The largest absolute Gasteiger partial charge is 0.330 e. The quantitative estimate of drug-likeness (QED) is 0.716. The predicted octanol–water partition coefficient (Wildman–Crippen LogP) is 1.46. The third-order valence-corrected chi connectivity index (χ3v) is 4.06. The fraction of sp³-hybridized carbons (Fsp3) is 1.00. The molecule has 1 saturated carbocycles. The predicted molar refractivity (Wildman–Crippen MR) is 55.6 cm³/mol. The molecule has 0 aromatic carbocycles. The van der Waals surface area contributed by atoms with Gasteiger partial charge in [-0.2, -0.15) is 0 Å². The highest BCUT2D eigenvalue weighted by Crippen LogP contribution is 2.47. The maximum atomic E-state index is 5.94. The van der Waals surface area contributed by atoms with E-state index in [9.17, 15) is 0 Å². The molecular formula is C11H22N2. The smallest absolute Gasteiger partial charge is 0.00533 e. The number of likely N-dealkylation sites (tertiary alicyclic amines) is 1. The standard InChI is InChI=1S/C11H22N2/c1-2-6-13-7-10-4-3-5-11(10,8-12)9-13/h10H,2-9,12H2,1H3. The Morgan fingerprint density at radius 1 is 1.54 bits per heavy atom. The van der Waals surface area contributed by atoms with Gasteiger partial charge in [-0.15, -0.1) is 0 Å². The van der Waals surface area contributed by atoms with Crippen LogP contribution in [0.3, 0.4) is 0 Å². The molecule has 2 rings (SSSR count). The van der Waals surface area contributed by atoms with E-state index < -0.39 is 0 Å². The zero-order valence-electron chi connectivity index (χ0n) is 8.76. The van der Waals surface area contributed by atoms with Crippen molar-refractivity contribution in [3.8, 4) is 0 Å². The average Bonchev–Trinajstić information content (AvgIpc) is 2.61. The van der Waals surface area contributed by atoms with Crippen molar-refractivity contribution in [2.45, 2.75) is 32.6 Å². The van der Waals surface area contributed by atoms with E-state index in [4.69, 9.17) is 5.73 Å². The Morgan fingerprint density at radius 2 is 2.38 bits per heavy atom. The van der Waals surface area contributed by atoms with Crippen LogP contribution in [0.25, 0.3) is 0 Å². The molecule has 0 aromatic heterocycles. The highest BCUT2D eigenvalue weighted by atomic mass is 15.2. The van der Waals surface area contributed by atoms with Crippen molar-refractivity contribution in [3.63, 3.8) is 0 Å². The van der Waals surface area contributed by atoms with E-state index in [0.717, 1.165) is 12.5 Å². The molecule has 2 nitrogen and oxygen atoms in total. The summed E-state index contributed by atoms with van der Waals surface area (Å²) in [6, 6.07) is 0. The number of hydrogen-bond donors (Lipinski definition) is 1. The molecule has 2 N–H and O–H groups in total. The lowest BCUT2D eigenvalue weighted by Crippen LogP contribution is -2.35. The van der Waals surface area contributed by atoms with Gasteiger partial charge < -0.3 is 10.6 Å². The fourth-order valence-corrected chi connectivity index (χ4v) is 3.35. The van der Waals surface area contributed by atoms with E-state index in [2.05, 4.69) is 11.8 Å². The summed E-state index contributed by atoms with van der Waals surface area (Å²) in [5.41, 5.74) is 6.46. The topological polar surface area (TPSA) is 29.3 Å². The minimum absolute atomic E-state index is 0.523. The SMILES string of the molecule is CCCN1CC2CCCC2(CN)C1. The molecule has 2 fully saturated rings.